The van der Waals surface area contributed by atoms with Gasteiger partial charge in [-0.25, -0.2) is 0 Å². The van der Waals surface area contributed by atoms with E-state index in [0.717, 1.165) is 16.8 Å². The van der Waals surface area contributed by atoms with Crippen molar-refractivity contribution in [1.29, 1.82) is 0 Å². The lowest BCUT2D eigenvalue weighted by Crippen LogP contribution is -3.00. The highest BCUT2D eigenvalue weighted by atomic mass is 127. The van der Waals surface area contributed by atoms with Crippen molar-refractivity contribution in [3.63, 3.8) is 0 Å². The Balaban J connectivity index is 0.00000196. The summed E-state index contributed by atoms with van der Waals surface area (Å²) < 4.78 is 6.41. The molecular weight excluding hydrogens is 317 g/mol. The number of furan rings is 1. The molecule has 0 saturated heterocycles. The third-order valence-corrected chi connectivity index (χ3v) is 3.87. The van der Waals surface area contributed by atoms with Crippen LogP contribution in [0.25, 0.3) is 0 Å². The largest absolute Gasteiger partial charge is 1.00 e. The van der Waals surface area contributed by atoms with E-state index in [-0.39, 0.29) is 24.0 Å². The molecule has 1 aromatic rings. The van der Waals surface area contributed by atoms with Crippen LogP contribution in [-0.4, -0.2) is 32.8 Å². The molecule has 0 atom stereocenters. The van der Waals surface area contributed by atoms with Gasteiger partial charge in [0.1, 0.15) is 14.6 Å². The van der Waals surface area contributed by atoms with Crippen LogP contribution >= 0.6 is 0 Å². The zero-order valence-corrected chi connectivity index (χ0v) is 13.5. The molecule has 0 aromatic carbocycles. The van der Waals surface area contributed by atoms with Gasteiger partial charge in [0.15, 0.2) is 5.76 Å². The average molecular weight is 339 g/mol. The van der Waals surface area contributed by atoms with E-state index in [1.54, 1.807) is 6.26 Å². The fraction of sp³-hybridized carbons (Fsp3) is 0.636. The van der Waals surface area contributed by atoms with Crippen LogP contribution in [0.4, 0.5) is 0 Å². The molecule has 0 saturated carbocycles. The van der Waals surface area contributed by atoms with Crippen molar-refractivity contribution in [2.24, 2.45) is 0 Å². The maximum Gasteiger partial charge on any atom is 0.158 e. The Morgan fingerprint density at radius 2 is 1.87 bits per heavy atom. The summed E-state index contributed by atoms with van der Waals surface area (Å²) in [5.74, 6) is 1.09. The third kappa shape index (κ3) is 6.37. The van der Waals surface area contributed by atoms with Crippen LogP contribution in [0, 0.1) is 0 Å². The fourth-order valence-corrected chi connectivity index (χ4v) is 4.84. The molecule has 1 heterocycles. The molecule has 1 aromatic heterocycles. The molecule has 4 heteroatoms. The van der Waals surface area contributed by atoms with Gasteiger partial charge < -0.3 is 32.9 Å². The van der Waals surface area contributed by atoms with E-state index in [1.165, 1.54) is 6.17 Å². The molecule has 88 valence electrons. The van der Waals surface area contributed by atoms with Crippen molar-refractivity contribution in [1.82, 2.24) is 0 Å². The summed E-state index contributed by atoms with van der Waals surface area (Å²) in [7, 11) is 3.56. The van der Waals surface area contributed by atoms with Gasteiger partial charge >= 0.3 is 0 Å². The summed E-state index contributed by atoms with van der Waals surface area (Å²) in [6, 6.07) is 4.02. The Morgan fingerprint density at radius 3 is 2.27 bits per heavy atom. The van der Waals surface area contributed by atoms with Gasteiger partial charge in [-0.1, -0.05) is 19.6 Å². The highest BCUT2D eigenvalue weighted by Gasteiger charge is 2.27. The lowest BCUT2D eigenvalue weighted by molar-refractivity contribution is -0.895. The molecule has 0 aliphatic carbocycles. The van der Waals surface area contributed by atoms with Gasteiger partial charge in [0, 0.05) is 0 Å². The highest BCUT2D eigenvalue weighted by Crippen LogP contribution is 2.14. The molecule has 2 nitrogen and oxygen atoms in total. The maximum atomic E-state index is 5.38. The maximum absolute atomic E-state index is 5.38. The Morgan fingerprint density at radius 1 is 1.27 bits per heavy atom. The van der Waals surface area contributed by atoms with Crippen LogP contribution in [0.2, 0.25) is 19.6 Å². The quantitative estimate of drug-likeness (QED) is 0.419. The number of rotatable bonds is 4. The molecule has 0 spiro atoms. The van der Waals surface area contributed by atoms with Crippen LogP contribution in [0.15, 0.2) is 22.8 Å². The Hall–Kier alpha value is 0.187. The molecule has 1 rings (SSSR count). The van der Waals surface area contributed by atoms with E-state index in [9.17, 15) is 0 Å². The number of halogens is 1. The van der Waals surface area contributed by atoms with Crippen molar-refractivity contribution in [3.05, 3.63) is 24.2 Å². The monoisotopic (exact) mass is 339 g/mol. The molecule has 0 bridgehead atoms. The standard InChI is InChI=1S/C11H22NOSi.HI/c1-12(2,10-14(3,4)5)9-11-7-6-8-13-11;/h6-8H,9-10H2,1-5H3;1H/q+1;/p-1. The second-order valence-electron chi connectivity index (χ2n) is 5.89. The van der Waals surface area contributed by atoms with Crippen LogP contribution in [0.5, 0.6) is 0 Å². The zero-order chi connectivity index (χ0) is 10.8. The van der Waals surface area contributed by atoms with Gasteiger partial charge in [-0.05, 0) is 12.1 Å². The first kappa shape index (κ1) is 15.2. The van der Waals surface area contributed by atoms with E-state index < -0.39 is 8.07 Å². The first-order valence-corrected chi connectivity index (χ1v) is 8.84. The van der Waals surface area contributed by atoms with E-state index in [0.29, 0.717) is 0 Å². The van der Waals surface area contributed by atoms with Gasteiger partial charge in [-0.2, -0.15) is 0 Å². The molecule has 0 unspecified atom stereocenters. The second-order valence-corrected chi connectivity index (χ2v) is 11.3. The Bertz CT molecular complexity index is 277. The number of quaternary nitrogens is 1. The molecule has 0 amide bonds. The average Bonchev–Trinajstić information content (AvgIpc) is 2.31. The van der Waals surface area contributed by atoms with Crippen LogP contribution in [-0.2, 0) is 6.54 Å². The topological polar surface area (TPSA) is 13.1 Å². The zero-order valence-electron chi connectivity index (χ0n) is 10.4. The van der Waals surface area contributed by atoms with Crippen molar-refractivity contribution in [3.8, 4) is 0 Å². The van der Waals surface area contributed by atoms with E-state index >= 15 is 0 Å². The molecule has 0 aliphatic heterocycles. The van der Waals surface area contributed by atoms with E-state index in [4.69, 9.17) is 4.42 Å². The fourth-order valence-electron chi connectivity index (χ4n) is 2.16. The molecular formula is C11H22INOSi. The predicted octanol–water partition coefficient (Wildman–Crippen LogP) is -0.263. The SMILES string of the molecule is C[N+](C)(Cc1ccco1)C[Si](C)(C)C.[I-]. The minimum absolute atomic E-state index is 0. The summed E-state index contributed by atoms with van der Waals surface area (Å²) in [4.78, 5) is 0. The summed E-state index contributed by atoms with van der Waals surface area (Å²) in [5, 5.41) is 0. The number of nitrogens with zero attached hydrogens (tertiary/aromatic N) is 1. The Labute approximate surface area is 111 Å². The summed E-state index contributed by atoms with van der Waals surface area (Å²) >= 11 is 0. The smallest absolute Gasteiger partial charge is 0.158 e. The first-order chi connectivity index (χ1) is 6.29. The lowest BCUT2D eigenvalue weighted by Gasteiger charge is -2.34. The molecule has 0 N–H and O–H groups in total. The lowest BCUT2D eigenvalue weighted by atomic mass is 10.4. The van der Waals surface area contributed by atoms with Crippen LogP contribution in [0.1, 0.15) is 5.76 Å². The van der Waals surface area contributed by atoms with Crippen LogP contribution in [0.3, 0.4) is 0 Å². The molecule has 15 heavy (non-hydrogen) atoms. The third-order valence-electron chi connectivity index (χ3n) is 2.07. The number of hydrogen-bond donors (Lipinski definition) is 0. The normalized spacial score (nSPS) is 12.3. The van der Waals surface area contributed by atoms with Crippen molar-refractivity contribution < 1.29 is 32.9 Å². The van der Waals surface area contributed by atoms with Crippen LogP contribution < -0.4 is 24.0 Å². The minimum atomic E-state index is -0.996. The predicted molar refractivity (Wildman–Crippen MR) is 62.7 cm³/mol. The van der Waals surface area contributed by atoms with Gasteiger partial charge in [0.2, 0.25) is 0 Å². The highest BCUT2D eigenvalue weighted by molar-refractivity contribution is 6.75. The number of hydrogen-bond acceptors (Lipinski definition) is 1. The molecule has 0 fully saturated rings. The van der Waals surface area contributed by atoms with E-state index in [1.807, 2.05) is 6.07 Å². The van der Waals surface area contributed by atoms with Crippen molar-refractivity contribution >= 4 is 8.07 Å². The summed E-state index contributed by atoms with van der Waals surface area (Å²) in [6.45, 7) is 8.23. The summed E-state index contributed by atoms with van der Waals surface area (Å²) in [6.07, 6.45) is 3.04. The van der Waals surface area contributed by atoms with Gasteiger partial charge in [0.05, 0.1) is 26.5 Å². The van der Waals surface area contributed by atoms with E-state index in [2.05, 4.69) is 39.8 Å². The second kappa shape index (κ2) is 5.50. The molecule has 0 aliphatic rings. The van der Waals surface area contributed by atoms with Gasteiger partial charge in [-0.15, -0.1) is 0 Å². The van der Waals surface area contributed by atoms with Crippen molar-refractivity contribution in [2.75, 3.05) is 20.3 Å². The minimum Gasteiger partial charge on any atom is -1.00 e. The first-order valence-electron chi connectivity index (χ1n) is 5.13. The van der Waals surface area contributed by atoms with Crippen molar-refractivity contribution in [2.45, 2.75) is 26.2 Å². The van der Waals surface area contributed by atoms with Gasteiger partial charge in [0.25, 0.3) is 0 Å². The summed E-state index contributed by atoms with van der Waals surface area (Å²) in [5.41, 5.74) is 0. The van der Waals surface area contributed by atoms with Gasteiger partial charge in [-0.3, -0.25) is 0 Å². The molecule has 0 radical (unpaired) electrons. The Kier molecular flexibility index (Phi) is 5.56.